The molecular formula is C17H15Cl3N2O3. The fourth-order valence-electron chi connectivity index (χ4n) is 2.46. The van der Waals surface area contributed by atoms with Gasteiger partial charge in [0.1, 0.15) is 0 Å². The van der Waals surface area contributed by atoms with Crippen molar-refractivity contribution >= 4 is 46.4 Å². The molecule has 0 bridgehead atoms. The number of amides is 1. The van der Waals surface area contributed by atoms with Gasteiger partial charge in [0.2, 0.25) is 12.7 Å². The van der Waals surface area contributed by atoms with Crippen LogP contribution in [0.2, 0.25) is 15.1 Å². The molecule has 5 nitrogen and oxygen atoms in total. The maximum absolute atomic E-state index is 12.2. The van der Waals surface area contributed by atoms with E-state index in [0.717, 1.165) is 17.1 Å². The zero-order valence-electron chi connectivity index (χ0n) is 13.3. The summed E-state index contributed by atoms with van der Waals surface area (Å²) in [5.41, 5.74) is 1.45. The third kappa shape index (κ3) is 4.50. The number of rotatable bonds is 5. The Balaban J connectivity index is 1.58. The van der Waals surface area contributed by atoms with E-state index in [9.17, 15) is 4.79 Å². The summed E-state index contributed by atoms with van der Waals surface area (Å²) in [4.78, 5) is 14.1. The molecule has 0 unspecified atom stereocenters. The van der Waals surface area contributed by atoms with E-state index >= 15 is 0 Å². The molecule has 132 valence electrons. The van der Waals surface area contributed by atoms with Crippen molar-refractivity contribution < 1.29 is 14.3 Å². The molecule has 0 saturated carbocycles. The maximum Gasteiger partial charge on any atom is 0.238 e. The van der Waals surface area contributed by atoms with Crippen LogP contribution in [0.15, 0.2) is 30.3 Å². The highest BCUT2D eigenvalue weighted by molar-refractivity contribution is 6.44. The first-order valence-corrected chi connectivity index (χ1v) is 8.57. The quantitative estimate of drug-likeness (QED) is 0.752. The van der Waals surface area contributed by atoms with Gasteiger partial charge in [0, 0.05) is 6.54 Å². The third-order valence-corrected chi connectivity index (χ3v) is 4.62. The van der Waals surface area contributed by atoms with Crippen molar-refractivity contribution in [3.8, 4) is 11.5 Å². The summed E-state index contributed by atoms with van der Waals surface area (Å²) >= 11 is 17.9. The number of carbonyl (C=O) groups is 1. The summed E-state index contributed by atoms with van der Waals surface area (Å²) in [6.07, 6.45) is 0. The van der Waals surface area contributed by atoms with Crippen LogP contribution in [-0.4, -0.2) is 31.2 Å². The first-order chi connectivity index (χ1) is 11.9. The first-order valence-electron chi connectivity index (χ1n) is 7.44. The van der Waals surface area contributed by atoms with E-state index in [1.165, 1.54) is 12.1 Å². The predicted octanol–water partition coefficient (Wildman–Crippen LogP) is 4.45. The molecule has 0 aliphatic carbocycles. The van der Waals surface area contributed by atoms with Crippen LogP contribution in [-0.2, 0) is 11.3 Å². The smallest absolute Gasteiger partial charge is 0.238 e. The molecule has 3 rings (SSSR count). The van der Waals surface area contributed by atoms with E-state index in [1.54, 1.807) is 0 Å². The number of hydrogen-bond donors (Lipinski definition) is 1. The Morgan fingerprint density at radius 3 is 2.60 bits per heavy atom. The minimum atomic E-state index is -0.205. The Hall–Kier alpha value is -1.66. The van der Waals surface area contributed by atoms with E-state index < -0.39 is 0 Å². The van der Waals surface area contributed by atoms with Gasteiger partial charge in [0.05, 0.1) is 27.3 Å². The number of hydrogen-bond acceptors (Lipinski definition) is 4. The van der Waals surface area contributed by atoms with Gasteiger partial charge in [-0.15, -0.1) is 0 Å². The summed E-state index contributed by atoms with van der Waals surface area (Å²) < 4.78 is 10.6. The molecule has 1 amide bonds. The van der Waals surface area contributed by atoms with Crippen molar-refractivity contribution in [1.82, 2.24) is 4.90 Å². The van der Waals surface area contributed by atoms with Crippen molar-refractivity contribution in [3.63, 3.8) is 0 Å². The second-order valence-corrected chi connectivity index (χ2v) is 6.88. The highest BCUT2D eigenvalue weighted by Crippen LogP contribution is 2.33. The third-order valence-electron chi connectivity index (χ3n) is 3.59. The lowest BCUT2D eigenvalue weighted by Crippen LogP contribution is -2.29. The Morgan fingerprint density at radius 1 is 1.08 bits per heavy atom. The Labute approximate surface area is 160 Å². The number of nitrogens with zero attached hydrogens (tertiary/aromatic N) is 1. The van der Waals surface area contributed by atoms with Gasteiger partial charge in [-0.3, -0.25) is 9.69 Å². The Morgan fingerprint density at radius 2 is 1.80 bits per heavy atom. The number of fused-ring (bicyclic) bond motifs is 1. The van der Waals surface area contributed by atoms with Crippen molar-refractivity contribution in [1.29, 1.82) is 0 Å². The van der Waals surface area contributed by atoms with Crippen LogP contribution >= 0.6 is 34.8 Å². The molecule has 2 aromatic rings. The highest BCUT2D eigenvalue weighted by atomic mass is 35.5. The lowest BCUT2D eigenvalue weighted by atomic mass is 10.2. The normalized spacial score (nSPS) is 12.5. The summed E-state index contributed by atoms with van der Waals surface area (Å²) in [5, 5.41) is 3.74. The molecule has 1 N–H and O–H groups in total. The second kappa shape index (κ2) is 7.70. The molecule has 2 aromatic carbocycles. The monoisotopic (exact) mass is 400 g/mol. The molecule has 1 aliphatic rings. The molecule has 0 saturated heterocycles. The number of ether oxygens (including phenoxy) is 2. The average Bonchev–Trinajstić information content (AvgIpc) is 3.00. The molecule has 0 radical (unpaired) electrons. The van der Waals surface area contributed by atoms with Crippen LogP contribution in [0.5, 0.6) is 11.5 Å². The number of halogens is 3. The average molecular weight is 402 g/mol. The standard InChI is InChI=1S/C17H15Cl3N2O3/c1-22(7-10-2-3-15-16(4-10)25-9-24-15)8-17(23)21-14-6-12(19)11(18)5-13(14)20/h2-6H,7-9H2,1H3,(H,21,23). The Bertz CT molecular complexity index is 814. The fourth-order valence-corrected chi connectivity index (χ4v) is 3.05. The lowest BCUT2D eigenvalue weighted by molar-refractivity contribution is -0.117. The van der Waals surface area contributed by atoms with E-state index in [4.69, 9.17) is 44.3 Å². The zero-order chi connectivity index (χ0) is 18.0. The van der Waals surface area contributed by atoms with Crippen molar-refractivity contribution in [2.24, 2.45) is 0 Å². The largest absolute Gasteiger partial charge is 0.454 e. The molecule has 1 heterocycles. The number of benzene rings is 2. The van der Waals surface area contributed by atoms with Gasteiger partial charge >= 0.3 is 0 Å². The van der Waals surface area contributed by atoms with E-state index in [0.29, 0.717) is 27.3 Å². The van der Waals surface area contributed by atoms with Crippen LogP contribution in [0.1, 0.15) is 5.56 Å². The van der Waals surface area contributed by atoms with Crippen LogP contribution < -0.4 is 14.8 Å². The van der Waals surface area contributed by atoms with Gasteiger partial charge in [0.25, 0.3) is 0 Å². The second-order valence-electron chi connectivity index (χ2n) is 5.65. The van der Waals surface area contributed by atoms with Gasteiger partial charge < -0.3 is 14.8 Å². The predicted molar refractivity (Wildman–Crippen MR) is 99.0 cm³/mol. The highest BCUT2D eigenvalue weighted by Gasteiger charge is 2.15. The van der Waals surface area contributed by atoms with E-state index in [1.807, 2.05) is 30.1 Å². The van der Waals surface area contributed by atoms with Crippen LogP contribution in [0, 0.1) is 0 Å². The summed E-state index contributed by atoms with van der Waals surface area (Å²) in [5.74, 6) is 1.25. The first kappa shape index (κ1) is 18.1. The summed E-state index contributed by atoms with van der Waals surface area (Å²) in [6, 6.07) is 8.74. The lowest BCUT2D eigenvalue weighted by Gasteiger charge is -2.17. The van der Waals surface area contributed by atoms with Gasteiger partial charge in [-0.2, -0.15) is 0 Å². The molecule has 1 aliphatic heterocycles. The molecule has 0 aromatic heterocycles. The minimum Gasteiger partial charge on any atom is -0.454 e. The van der Waals surface area contributed by atoms with Crippen LogP contribution in [0.3, 0.4) is 0 Å². The topological polar surface area (TPSA) is 50.8 Å². The minimum absolute atomic E-state index is 0.186. The maximum atomic E-state index is 12.2. The molecular weight excluding hydrogens is 387 g/mol. The fraction of sp³-hybridized carbons (Fsp3) is 0.235. The van der Waals surface area contributed by atoms with Gasteiger partial charge in [-0.25, -0.2) is 0 Å². The Kier molecular flexibility index (Phi) is 5.59. The molecule has 25 heavy (non-hydrogen) atoms. The van der Waals surface area contributed by atoms with E-state index in [-0.39, 0.29) is 19.2 Å². The molecule has 0 atom stereocenters. The SMILES string of the molecule is CN(CC(=O)Nc1cc(Cl)c(Cl)cc1Cl)Cc1ccc2c(c1)OCO2. The number of anilines is 1. The van der Waals surface area contributed by atoms with Gasteiger partial charge in [-0.05, 0) is 36.9 Å². The van der Waals surface area contributed by atoms with Crippen molar-refractivity contribution in [2.75, 3.05) is 25.7 Å². The van der Waals surface area contributed by atoms with Gasteiger partial charge in [-0.1, -0.05) is 40.9 Å². The van der Waals surface area contributed by atoms with Crippen LogP contribution in [0.4, 0.5) is 5.69 Å². The number of nitrogens with one attached hydrogen (secondary N) is 1. The summed E-state index contributed by atoms with van der Waals surface area (Å²) in [7, 11) is 1.85. The van der Waals surface area contributed by atoms with Crippen molar-refractivity contribution in [2.45, 2.75) is 6.54 Å². The molecule has 8 heteroatoms. The number of carbonyl (C=O) groups excluding carboxylic acids is 1. The molecule has 0 fully saturated rings. The van der Waals surface area contributed by atoms with Crippen molar-refractivity contribution in [3.05, 3.63) is 51.0 Å². The number of likely N-dealkylation sites (N-methyl/N-ethyl adjacent to an activating group) is 1. The van der Waals surface area contributed by atoms with Crippen LogP contribution in [0.25, 0.3) is 0 Å². The summed E-state index contributed by atoms with van der Waals surface area (Å²) in [6.45, 7) is 1.01. The molecule has 0 spiro atoms. The van der Waals surface area contributed by atoms with Gasteiger partial charge in [0.15, 0.2) is 11.5 Å². The zero-order valence-corrected chi connectivity index (χ0v) is 15.6. The van der Waals surface area contributed by atoms with E-state index in [2.05, 4.69) is 5.32 Å².